The van der Waals surface area contributed by atoms with Crippen molar-refractivity contribution in [2.24, 2.45) is 0 Å². The maximum absolute atomic E-state index is 13.5. The van der Waals surface area contributed by atoms with Crippen LogP contribution in [-0.2, 0) is 16.8 Å². The lowest BCUT2D eigenvalue weighted by Crippen LogP contribution is -2.56. The highest BCUT2D eigenvalue weighted by molar-refractivity contribution is 7.90. The largest absolute Gasteiger partial charge is 0.360 e. The molecule has 0 saturated heterocycles. The van der Waals surface area contributed by atoms with Crippen LogP contribution < -0.4 is 4.31 Å². The van der Waals surface area contributed by atoms with Crippen LogP contribution in [-0.4, -0.2) is 54.3 Å². The number of nitrogens with zero attached hydrogens (tertiary/aromatic N) is 3. The van der Waals surface area contributed by atoms with Gasteiger partial charge in [-0.25, -0.2) is 4.39 Å². The fourth-order valence-electron chi connectivity index (χ4n) is 4.94. The summed E-state index contributed by atoms with van der Waals surface area (Å²) in [5.74, 6) is -0.246. The van der Waals surface area contributed by atoms with Crippen LogP contribution in [0.4, 0.5) is 10.1 Å². The molecule has 0 amide bonds. The average molecular weight is 483 g/mol. The van der Waals surface area contributed by atoms with Gasteiger partial charge in [0, 0.05) is 60.9 Å². The predicted molar refractivity (Wildman–Crippen MR) is 135 cm³/mol. The van der Waals surface area contributed by atoms with E-state index in [4.69, 9.17) is 0 Å². The number of aromatic amines is 1. The van der Waals surface area contributed by atoms with Crippen LogP contribution in [0.1, 0.15) is 38.3 Å². The molecule has 0 fully saturated rings. The van der Waals surface area contributed by atoms with Gasteiger partial charge in [-0.15, -0.1) is 0 Å². The van der Waals surface area contributed by atoms with E-state index in [1.165, 1.54) is 17.7 Å². The van der Waals surface area contributed by atoms with E-state index in [2.05, 4.69) is 16.0 Å². The lowest BCUT2D eigenvalue weighted by atomic mass is 9.99. The summed E-state index contributed by atoms with van der Waals surface area (Å²) in [4.78, 5) is 5.45. The number of aromatic nitrogens is 1. The highest BCUT2D eigenvalue weighted by Gasteiger charge is 2.42. The van der Waals surface area contributed by atoms with E-state index in [0.717, 1.165) is 47.2 Å². The highest BCUT2D eigenvalue weighted by atomic mass is 32.2. The van der Waals surface area contributed by atoms with Gasteiger partial charge in [-0.3, -0.25) is 9.21 Å². The number of halogens is 1. The second kappa shape index (κ2) is 8.52. The van der Waals surface area contributed by atoms with E-state index in [1.54, 1.807) is 8.61 Å². The van der Waals surface area contributed by atoms with Gasteiger partial charge in [0.1, 0.15) is 5.82 Å². The molecule has 0 spiro atoms. The zero-order valence-corrected chi connectivity index (χ0v) is 20.7. The van der Waals surface area contributed by atoms with Crippen molar-refractivity contribution in [1.82, 2.24) is 14.2 Å². The lowest BCUT2D eigenvalue weighted by Gasteiger charge is -2.43. The molecule has 0 unspecified atom stereocenters. The van der Waals surface area contributed by atoms with Crippen LogP contribution in [0.2, 0.25) is 0 Å². The first-order chi connectivity index (χ1) is 16.1. The molecule has 2 aliphatic heterocycles. The molecule has 34 heavy (non-hydrogen) atoms. The number of para-hydroxylation sites is 1. The van der Waals surface area contributed by atoms with E-state index in [1.807, 2.05) is 57.3 Å². The van der Waals surface area contributed by atoms with Gasteiger partial charge in [0.25, 0.3) is 0 Å². The van der Waals surface area contributed by atoms with Gasteiger partial charge < -0.3 is 4.98 Å². The Morgan fingerprint density at radius 2 is 1.88 bits per heavy atom. The molecule has 180 valence electrons. The van der Waals surface area contributed by atoms with Gasteiger partial charge in [0.05, 0.1) is 5.69 Å². The minimum Gasteiger partial charge on any atom is -0.360 e. The van der Waals surface area contributed by atoms with Crippen molar-refractivity contribution in [2.75, 3.05) is 30.5 Å². The van der Waals surface area contributed by atoms with Gasteiger partial charge in [0.2, 0.25) is 0 Å². The fraction of sp³-hybridized carbons (Fsp3) is 0.385. The fourth-order valence-corrected chi connectivity index (χ4v) is 6.91. The number of H-pyrrole nitrogens is 1. The molecule has 0 atom stereocenters. The molecular weight excluding hydrogens is 451 g/mol. The van der Waals surface area contributed by atoms with Crippen molar-refractivity contribution in [3.63, 3.8) is 0 Å². The SMILES string of the molecule is CC(C)(C)N1Cc2ccccc2N(CCN2CC=C(c3c[nH]c4cc(F)ccc34)CC2)S1(=O)=O. The predicted octanol–water partition coefficient (Wildman–Crippen LogP) is 4.76. The Kier molecular flexibility index (Phi) is 5.78. The third kappa shape index (κ3) is 4.15. The molecular formula is C26H31FN4O2S. The minimum absolute atomic E-state index is 0.246. The van der Waals surface area contributed by atoms with Crippen molar-refractivity contribution in [3.8, 4) is 0 Å². The van der Waals surface area contributed by atoms with Gasteiger partial charge >= 0.3 is 10.2 Å². The summed E-state index contributed by atoms with van der Waals surface area (Å²) in [5, 5.41) is 1.03. The molecule has 0 saturated carbocycles. The number of rotatable bonds is 4. The number of nitrogens with one attached hydrogen (secondary N) is 1. The smallest absolute Gasteiger partial charge is 0.304 e. The molecule has 8 heteroatoms. The maximum atomic E-state index is 13.5. The van der Waals surface area contributed by atoms with Crippen LogP contribution in [0.25, 0.3) is 16.5 Å². The van der Waals surface area contributed by atoms with Gasteiger partial charge in [-0.2, -0.15) is 12.7 Å². The van der Waals surface area contributed by atoms with E-state index in [9.17, 15) is 12.8 Å². The molecule has 6 nitrogen and oxygen atoms in total. The summed E-state index contributed by atoms with van der Waals surface area (Å²) in [5.41, 5.74) is 4.46. The second-order valence-corrected chi connectivity index (χ2v) is 11.8. The summed E-state index contributed by atoms with van der Waals surface area (Å²) < 4.78 is 43.8. The van der Waals surface area contributed by atoms with Crippen molar-refractivity contribution >= 4 is 32.4 Å². The zero-order chi connectivity index (χ0) is 24.1. The topological polar surface area (TPSA) is 59.6 Å². The Morgan fingerprint density at radius 3 is 2.62 bits per heavy atom. The van der Waals surface area contributed by atoms with E-state index in [-0.39, 0.29) is 5.82 Å². The Morgan fingerprint density at radius 1 is 1.09 bits per heavy atom. The molecule has 2 aromatic carbocycles. The zero-order valence-electron chi connectivity index (χ0n) is 19.9. The molecule has 1 aromatic heterocycles. The lowest BCUT2D eigenvalue weighted by molar-refractivity contribution is 0.236. The van der Waals surface area contributed by atoms with Gasteiger partial charge in [-0.05, 0) is 62.6 Å². The summed E-state index contributed by atoms with van der Waals surface area (Å²) in [6, 6.07) is 12.6. The molecule has 0 radical (unpaired) electrons. The second-order valence-electron chi connectivity index (χ2n) is 10.1. The first kappa shape index (κ1) is 23.1. The van der Waals surface area contributed by atoms with E-state index >= 15 is 0 Å². The van der Waals surface area contributed by atoms with Crippen LogP contribution in [0.15, 0.2) is 54.7 Å². The number of fused-ring (bicyclic) bond motifs is 2. The van der Waals surface area contributed by atoms with Crippen molar-refractivity contribution in [1.29, 1.82) is 0 Å². The quantitative estimate of drug-likeness (QED) is 0.583. The first-order valence-corrected chi connectivity index (χ1v) is 13.1. The third-order valence-corrected chi connectivity index (χ3v) is 8.95. The van der Waals surface area contributed by atoms with Crippen LogP contribution in [0.5, 0.6) is 0 Å². The number of hydrogen-bond donors (Lipinski definition) is 1. The molecule has 5 rings (SSSR count). The highest BCUT2D eigenvalue weighted by Crippen LogP contribution is 2.36. The monoisotopic (exact) mass is 482 g/mol. The van der Waals surface area contributed by atoms with Crippen molar-refractivity contribution in [2.45, 2.75) is 39.3 Å². The number of hydrogen-bond acceptors (Lipinski definition) is 3. The maximum Gasteiger partial charge on any atom is 0.304 e. The van der Waals surface area contributed by atoms with Crippen molar-refractivity contribution < 1.29 is 12.8 Å². The Labute approximate surface area is 200 Å². The minimum atomic E-state index is -3.62. The molecule has 0 aliphatic carbocycles. The van der Waals surface area contributed by atoms with Crippen molar-refractivity contribution in [3.05, 3.63) is 71.7 Å². The Balaban J connectivity index is 1.33. The molecule has 3 aromatic rings. The van der Waals surface area contributed by atoms with Gasteiger partial charge in [-0.1, -0.05) is 24.3 Å². The van der Waals surface area contributed by atoms with E-state index in [0.29, 0.717) is 19.6 Å². The Hall–Kier alpha value is -2.68. The molecule has 2 aliphatic rings. The summed E-state index contributed by atoms with van der Waals surface area (Å²) in [6.45, 7) is 8.85. The average Bonchev–Trinajstić information content (AvgIpc) is 3.20. The number of anilines is 1. The van der Waals surface area contributed by atoms with Gasteiger partial charge in [0.15, 0.2) is 0 Å². The van der Waals surface area contributed by atoms with Crippen LogP contribution in [0.3, 0.4) is 0 Å². The molecule has 1 N–H and O–H groups in total. The van der Waals surface area contributed by atoms with Crippen LogP contribution in [0, 0.1) is 5.82 Å². The summed E-state index contributed by atoms with van der Waals surface area (Å²) in [7, 11) is -3.62. The Bertz CT molecular complexity index is 1360. The van der Waals surface area contributed by atoms with E-state index < -0.39 is 15.7 Å². The normalized spacial score (nSPS) is 19.3. The first-order valence-electron chi connectivity index (χ1n) is 11.7. The molecule has 3 heterocycles. The third-order valence-electron chi connectivity index (χ3n) is 6.78. The standard InChI is InChI=1S/C26H31FN4O2S/c1-26(2,3)31-18-20-6-4-5-7-25(20)30(34(31,32)33)15-14-29-12-10-19(11-13-29)23-17-28-24-16-21(27)8-9-22(23)24/h4-10,16-17,28H,11-15,18H2,1-3H3. The molecule has 0 bridgehead atoms. The summed E-state index contributed by atoms with van der Waals surface area (Å²) in [6.07, 6.45) is 5.02. The summed E-state index contributed by atoms with van der Waals surface area (Å²) >= 11 is 0. The number of benzene rings is 2. The van der Waals surface area contributed by atoms with Crippen LogP contribution >= 0.6 is 0 Å².